The normalized spacial score (nSPS) is 11.9. The van der Waals surface area contributed by atoms with Crippen molar-refractivity contribution < 1.29 is 18.0 Å². The summed E-state index contributed by atoms with van der Waals surface area (Å²) < 4.78 is 37.4. The summed E-state index contributed by atoms with van der Waals surface area (Å²) in [6, 6.07) is 4.78. The molecule has 0 amide bonds. The molecule has 1 aromatic rings. The molecule has 0 unspecified atom stereocenters. The third-order valence-electron chi connectivity index (χ3n) is 2.42. The van der Waals surface area contributed by atoms with Crippen LogP contribution in [-0.4, -0.2) is 18.4 Å². The number of hydrogen-bond acceptors (Lipinski definition) is 2. The highest BCUT2D eigenvalue weighted by Crippen LogP contribution is 2.29. The number of Topliss-reactive ketones (excluding diaryl/α,β-unsaturated/α-hetero) is 1. The Labute approximate surface area is 104 Å². The van der Waals surface area contributed by atoms with Crippen molar-refractivity contribution in [1.29, 1.82) is 0 Å². The summed E-state index contributed by atoms with van der Waals surface area (Å²) in [4.78, 5) is 11.7. The van der Waals surface area contributed by atoms with E-state index in [1.807, 2.05) is 13.8 Å². The van der Waals surface area contributed by atoms with Crippen molar-refractivity contribution in [3.05, 3.63) is 35.4 Å². The molecule has 0 radical (unpaired) electrons. The minimum atomic E-state index is -4.41. The molecule has 0 atom stereocenters. The summed E-state index contributed by atoms with van der Waals surface area (Å²) in [5.41, 5.74) is -0.680. The lowest BCUT2D eigenvalue weighted by atomic mass is 10.0. The van der Waals surface area contributed by atoms with E-state index in [-0.39, 0.29) is 23.8 Å². The first kappa shape index (κ1) is 14.7. The van der Waals surface area contributed by atoms with Gasteiger partial charge in [0, 0.05) is 24.6 Å². The van der Waals surface area contributed by atoms with Gasteiger partial charge in [-0.3, -0.25) is 4.79 Å². The SMILES string of the molecule is CC(C)NCCC(=O)c1cccc(C(F)(F)F)c1. The van der Waals surface area contributed by atoms with Gasteiger partial charge in [0.2, 0.25) is 0 Å². The number of carbonyl (C=O) groups excluding carboxylic acids is 1. The minimum absolute atomic E-state index is 0.107. The maximum atomic E-state index is 12.5. The van der Waals surface area contributed by atoms with Crippen molar-refractivity contribution >= 4 is 5.78 Å². The fraction of sp³-hybridized carbons (Fsp3) is 0.462. The Morgan fingerprint density at radius 1 is 1.33 bits per heavy atom. The lowest BCUT2D eigenvalue weighted by molar-refractivity contribution is -0.137. The smallest absolute Gasteiger partial charge is 0.314 e. The van der Waals surface area contributed by atoms with Crippen molar-refractivity contribution in [1.82, 2.24) is 5.32 Å². The van der Waals surface area contributed by atoms with Gasteiger partial charge in [-0.25, -0.2) is 0 Å². The number of rotatable bonds is 5. The zero-order valence-electron chi connectivity index (χ0n) is 10.3. The molecular weight excluding hydrogens is 243 g/mol. The molecular formula is C13H16F3NO. The van der Waals surface area contributed by atoms with Gasteiger partial charge in [0.1, 0.15) is 0 Å². The zero-order chi connectivity index (χ0) is 13.8. The predicted molar refractivity (Wildman–Crippen MR) is 63.5 cm³/mol. The summed E-state index contributed by atoms with van der Waals surface area (Å²) in [7, 11) is 0. The van der Waals surface area contributed by atoms with Gasteiger partial charge in [-0.05, 0) is 12.1 Å². The van der Waals surface area contributed by atoms with Crippen LogP contribution in [0.15, 0.2) is 24.3 Å². The van der Waals surface area contributed by atoms with Gasteiger partial charge in [0.15, 0.2) is 5.78 Å². The monoisotopic (exact) mass is 259 g/mol. The van der Waals surface area contributed by atoms with Gasteiger partial charge in [0.25, 0.3) is 0 Å². The summed E-state index contributed by atoms with van der Waals surface area (Å²) in [6.45, 7) is 4.34. The van der Waals surface area contributed by atoms with E-state index in [0.29, 0.717) is 6.54 Å². The van der Waals surface area contributed by atoms with E-state index in [1.54, 1.807) is 0 Å². The molecule has 0 spiro atoms. The van der Waals surface area contributed by atoms with Crippen LogP contribution in [0.4, 0.5) is 13.2 Å². The second kappa shape index (κ2) is 6.00. The molecule has 0 heterocycles. The van der Waals surface area contributed by atoms with Crippen molar-refractivity contribution in [3.8, 4) is 0 Å². The third kappa shape index (κ3) is 4.49. The van der Waals surface area contributed by atoms with Crippen molar-refractivity contribution in [3.63, 3.8) is 0 Å². The fourth-order valence-corrected chi connectivity index (χ4v) is 1.49. The van der Waals surface area contributed by atoms with Crippen LogP contribution in [0.2, 0.25) is 0 Å². The molecule has 1 N–H and O–H groups in total. The first-order valence-electron chi connectivity index (χ1n) is 5.74. The van der Waals surface area contributed by atoms with Gasteiger partial charge in [-0.15, -0.1) is 0 Å². The third-order valence-corrected chi connectivity index (χ3v) is 2.42. The second-order valence-electron chi connectivity index (χ2n) is 4.36. The van der Waals surface area contributed by atoms with Crippen LogP contribution in [-0.2, 0) is 6.18 Å². The van der Waals surface area contributed by atoms with E-state index >= 15 is 0 Å². The largest absolute Gasteiger partial charge is 0.416 e. The topological polar surface area (TPSA) is 29.1 Å². The van der Waals surface area contributed by atoms with E-state index < -0.39 is 11.7 Å². The predicted octanol–water partition coefficient (Wildman–Crippen LogP) is 3.28. The van der Waals surface area contributed by atoms with Crippen molar-refractivity contribution in [2.24, 2.45) is 0 Å². The molecule has 0 aliphatic heterocycles. The standard InChI is InChI=1S/C13H16F3NO/c1-9(2)17-7-6-12(18)10-4-3-5-11(8-10)13(14,15)16/h3-5,8-9,17H,6-7H2,1-2H3. The molecule has 0 fully saturated rings. The Bertz CT molecular complexity index is 413. The first-order chi connectivity index (χ1) is 8.30. The summed E-state index contributed by atoms with van der Waals surface area (Å²) in [5, 5.41) is 3.05. The maximum absolute atomic E-state index is 12.5. The molecule has 1 aromatic carbocycles. The Kier molecular flexibility index (Phi) is 4.90. The van der Waals surface area contributed by atoms with Gasteiger partial charge in [0.05, 0.1) is 5.56 Å². The Hall–Kier alpha value is -1.36. The number of hydrogen-bond donors (Lipinski definition) is 1. The molecule has 0 bridgehead atoms. The lowest BCUT2D eigenvalue weighted by Gasteiger charge is -2.09. The Morgan fingerprint density at radius 3 is 2.56 bits per heavy atom. The number of benzene rings is 1. The number of halogens is 3. The van der Waals surface area contributed by atoms with Crippen molar-refractivity contribution in [2.45, 2.75) is 32.5 Å². The molecule has 2 nitrogen and oxygen atoms in total. The second-order valence-corrected chi connectivity index (χ2v) is 4.36. The molecule has 18 heavy (non-hydrogen) atoms. The summed E-state index contributed by atoms with van der Waals surface area (Å²) in [6.07, 6.45) is -4.22. The molecule has 1 rings (SSSR count). The first-order valence-corrected chi connectivity index (χ1v) is 5.74. The zero-order valence-corrected chi connectivity index (χ0v) is 10.3. The molecule has 0 aromatic heterocycles. The van der Waals surface area contributed by atoms with Gasteiger partial charge >= 0.3 is 6.18 Å². The summed E-state index contributed by atoms with van der Waals surface area (Å²) >= 11 is 0. The minimum Gasteiger partial charge on any atom is -0.314 e. The highest BCUT2D eigenvalue weighted by Gasteiger charge is 2.30. The van der Waals surface area contributed by atoms with E-state index in [1.165, 1.54) is 12.1 Å². The molecule has 0 aliphatic rings. The van der Waals surface area contributed by atoms with Gasteiger partial charge in [-0.2, -0.15) is 13.2 Å². The molecule has 0 saturated carbocycles. The van der Waals surface area contributed by atoms with Gasteiger partial charge < -0.3 is 5.32 Å². The van der Waals surface area contributed by atoms with Crippen molar-refractivity contribution in [2.75, 3.05) is 6.54 Å². The molecule has 100 valence electrons. The maximum Gasteiger partial charge on any atom is 0.416 e. The van der Waals surface area contributed by atoms with Crippen LogP contribution in [0.5, 0.6) is 0 Å². The Balaban J connectivity index is 2.69. The average Bonchev–Trinajstić information content (AvgIpc) is 2.27. The van der Waals surface area contributed by atoms with E-state index in [2.05, 4.69) is 5.32 Å². The molecule has 5 heteroatoms. The van der Waals surface area contributed by atoms with Crippen LogP contribution in [0.3, 0.4) is 0 Å². The Morgan fingerprint density at radius 2 is 2.00 bits per heavy atom. The molecule has 0 aliphatic carbocycles. The van der Waals surface area contributed by atoms with E-state index in [0.717, 1.165) is 12.1 Å². The van der Waals surface area contributed by atoms with Crippen LogP contribution >= 0.6 is 0 Å². The summed E-state index contributed by atoms with van der Waals surface area (Å²) in [5.74, 6) is -0.283. The van der Waals surface area contributed by atoms with Crippen LogP contribution < -0.4 is 5.32 Å². The van der Waals surface area contributed by atoms with E-state index in [9.17, 15) is 18.0 Å². The number of alkyl halides is 3. The number of carbonyl (C=O) groups is 1. The number of nitrogens with one attached hydrogen (secondary N) is 1. The van der Waals surface area contributed by atoms with E-state index in [4.69, 9.17) is 0 Å². The average molecular weight is 259 g/mol. The van der Waals surface area contributed by atoms with Crippen LogP contribution in [0, 0.1) is 0 Å². The fourth-order valence-electron chi connectivity index (χ4n) is 1.49. The number of ketones is 1. The molecule has 0 saturated heterocycles. The quantitative estimate of drug-likeness (QED) is 0.822. The highest BCUT2D eigenvalue weighted by atomic mass is 19.4. The highest BCUT2D eigenvalue weighted by molar-refractivity contribution is 5.96. The van der Waals surface area contributed by atoms with Crippen LogP contribution in [0.1, 0.15) is 36.2 Å². The van der Waals surface area contributed by atoms with Crippen LogP contribution in [0.25, 0.3) is 0 Å². The van der Waals surface area contributed by atoms with Gasteiger partial charge in [-0.1, -0.05) is 26.0 Å². The lowest BCUT2D eigenvalue weighted by Crippen LogP contribution is -2.25.